The molecule has 2 atom stereocenters. The average Bonchev–Trinajstić information content (AvgIpc) is 1.81. The monoisotopic (exact) mass is 186 g/mol. The van der Waals surface area contributed by atoms with E-state index < -0.39 is 0 Å². The number of rotatable bonds is 6. The van der Waals surface area contributed by atoms with E-state index in [-0.39, 0.29) is 6.10 Å². The van der Waals surface area contributed by atoms with Crippen molar-refractivity contribution in [1.29, 1.82) is 0 Å². The fourth-order valence-electron chi connectivity index (χ4n) is 2.42. The lowest BCUT2D eigenvalue weighted by atomic mass is 9.78. The molecule has 0 radical (unpaired) electrons. The molecule has 80 valence electrons. The maximum atomic E-state index is 9.33. The molecule has 0 saturated heterocycles. The predicted octanol–water partition coefficient (Wildman–Crippen LogP) is 3.61. The molecule has 0 fully saturated rings. The molecule has 0 spiro atoms. The molecule has 0 saturated carbocycles. The number of aliphatic hydroxyl groups is 1. The van der Waals surface area contributed by atoms with E-state index in [4.69, 9.17) is 0 Å². The summed E-state index contributed by atoms with van der Waals surface area (Å²) in [6.07, 6.45) is 4.56. The third kappa shape index (κ3) is 7.06. The number of hydrogen-bond donors (Lipinski definition) is 1. The first-order valence-corrected chi connectivity index (χ1v) is 5.55. The van der Waals surface area contributed by atoms with Crippen LogP contribution in [0.5, 0.6) is 0 Å². The van der Waals surface area contributed by atoms with E-state index in [9.17, 15) is 5.11 Å². The van der Waals surface area contributed by atoms with Gasteiger partial charge in [0.15, 0.2) is 0 Å². The van der Waals surface area contributed by atoms with Gasteiger partial charge in [0.1, 0.15) is 0 Å². The fraction of sp³-hybridized carbons (Fsp3) is 1.00. The first-order valence-electron chi connectivity index (χ1n) is 5.55. The summed E-state index contributed by atoms with van der Waals surface area (Å²) < 4.78 is 0. The zero-order chi connectivity index (χ0) is 10.5. The first kappa shape index (κ1) is 13.0. The van der Waals surface area contributed by atoms with Gasteiger partial charge in [0.25, 0.3) is 0 Å². The Morgan fingerprint density at radius 3 is 2.08 bits per heavy atom. The molecule has 0 aromatic carbocycles. The van der Waals surface area contributed by atoms with Gasteiger partial charge in [-0.1, -0.05) is 40.5 Å². The summed E-state index contributed by atoms with van der Waals surface area (Å²) >= 11 is 0. The van der Waals surface area contributed by atoms with Crippen molar-refractivity contribution in [2.75, 3.05) is 0 Å². The lowest BCUT2D eigenvalue weighted by Crippen LogP contribution is -2.21. The van der Waals surface area contributed by atoms with Crippen molar-refractivity contribution >= 4 is 0 Å². The second-order valence-electron chi connectivity index (χ2n) is 5.32. The summed E-state index contributed by atoms with van der Waals surface area (Å²) in [4.78, 5) is 0. The molecule has 2 unspecified atom stereocenters. The van der Waals surface area contributed by atoms with E-state index in [2.05, 4.69) is 27.7 Å². The molecule has 0 aliphatic carbocycles. The zero-order valence-corrected chi connectivity index (χ0v) is 9.93. The van der Waals surface area contributed by atoms with E-state index in [1.54, 1.807) is 0 Å². The van der Waals surface area contributed by atoms with Crippen LogP contribution in [0, 0.1) is 11.3 Å². The van der Waals surface area contributed by atoms with Gasteiger partial charge >= 0.3 is 0 Å². The largest absolute Gasteiger partial charge is 0.393 e. The van der Waals surface area contributed by atoms with Crippen molar-refractivity contribution in [3.8, 4) is 0 Å². The molecule has 13 heavy (non-hydrogen) atoms. The maximum absolute atomic E-state index is 9.33. The highest BCUT2D eigenvalue weighted by Gasteiger charge is 2.22. The number of hydrogen-bond acceptors (Lipinski definition) is 1. The highest BCUT2D eigenvalue weighted by atomic mass is 16.3. The topological polar surface area (TPSA) is 20.2 Å². The smallest absolute Gasteiger partial charge is 0.0517 e. The maximum Gasteiger partial charge on any atom is 0.0517 e. The first-order chi connectivity index (χ1) is 5.87. The number of aliphatic hydroxyl groups excluding tert-OH is 1. The molecule has 1 nitrogen and oxygen atoms in total. The summed E-state index contributed by atoms with van der Waals surface area (Å²) in [5, 5.41) is 9.33. The van der Waals surface area contributed by atoms with Crippen molar-refractivity contribution in [3.63, 3.8) is 0 Å². The van der Waals surface area contributed by atoms with Gasteiger partial charge < -0.3 is 5.11 Å². The molecule has 1 N–H and O–H groups in total. The molecular weight excluding hydrogens is 160 g/mol. The Morgan fingerprint density at radius 2 is 1.69 bits per heavy atom. The quantitative estimate of drug-likeness (QED) is 0.672. The van der Waals surface area contributed by atoms with E-state index in [0.29, 0.717) is 5.41 Å². The van der Waals surface area contributed by atoms with Crippen molar-refractivity contribution in [2.24, 2.45) is 11.3 Å². The van der Waals surface area contributed by atoms with Crippen LogP contribution in [0.3, 0.4) is 0 Å². The molecule has 0 amide bonds. The standard InChI is InChI=1S/C12H26O/c1-6-7-10(2)8-12(4,5)9-11(3)13/h10-11,13H,6-9H2,1-5H3. The van der Waals surface area contributed by atoms with Crippen LogP contribution in [0.1, 0.15) is 60.3 Å². The van der Waals surface area contributed by atoms with Crippen LogP contribution in [0.2, 0.25) is 0 Å². The van der Waals surface area contributed by atoms with Crippen LogP contribution >= 0.6 is 0 Å². The molecule has 0 aromatic rings. The van der Waals surface area contributed by atoms with Gasteiger partial charge in [-0.15, -0.1) is 0 Å². The third-order valence-corrected chi connectivity index (χ3v) is 2.53. The lowest BCUT2D eigenvalue weighted by Gasteiger charge is -2.29. The van der Waals surface area contributed by atoms with Gasteiger partial charge in [0.05, 0.1) is 6.10 Å². The van der Waals surface area contributed by atoms with Gasteiger partial charge in [-0.25, -0.2) is 0 Å². The molecule has 0 aliphatic heterocycles. The van der Waals surface area contributed by atoms with Crippen molar-refractivity contribution in [2.45, 2.75) is 66.4 Å². The van der Waals surface area contributed by atoms with E-state index in [1.807, 2.05) is 6.92 Å². The molecule has 0 aromatic heterocycles. The molecule has 0 heterocycles. The Kier molecular flexibility index (Phi) is 5.62. The highest BCUT2D eigenvalue weighted by Crippen LogP contribution is 2.32. The predicted molar refractivity (Wildman–Crippen MR) is 58.8 cm³/mol. The minimum atomic E-state index is -0.163. The minimum Gasteiger partial charge on any atom is -0.393 e. The summed E-state index contributed by atoms with van der Waals surface area (Å²) in [5.74, 6) is 0.791. The van der Waals surface area contributed by atoms with Crippen LogP contribution in [-0.2, 0) is 0 Å². The van der Waals surface area contributed by atoms with Crippen molar-refractivity contribution in [3.05, 3.63) is 0 Å². The van der Waals surface area contributed by atoms with Crippen molar-refractivity contribution < 1.29 is 5.11 Å². The second kappa shape index (κ2) is 5.64. The Balaban J connectivity index is 3.85. The van der Waals surface area contributed by atoms with Crippen LogP contribution < -0.4 is 0 Å². The van der Waals surface area contributed by atoms with Gasteiger partial charge in [-0.05, 0) is 31.1 Å². The Hall–Kier alpha value is -0.0400. The second-order valence-corrected chi connectivity index (χ2v) is 5.32. The fourth-order valence-corrected chi connectivity index (χ4v) is 2.42. The third-order valence-electron chi connectivity index (χ3n) is 2.53. The summed E-state index contributed by atoms with van der Waals surface area (Å²) in [5.41, 5.74) is 0.294. The van der Waals surface area contributed by atoms with Crippen LogP contribution in [-0.4, -0.2) is 11.2 Å². The Morgan fingerprint density at radius 1 is 1.15 bits per heavy atom. The summed E-state index contributed by atoms with van der Waals surface area (Å²) in [6, 6.07) is 0. The highest BCUT2D eigenvalue weighted by molar-refractivity contribution is 4.73. The normalized spacial score (nSPS) is 17.1. The molecule has 0 rings (SSSR count). The molecule has 0 bridgehead atoms. The average molecular weight is 186 g/mol. The van der Waals surface area contributed by atoms with Gasteiger partial charge in [-0.2, -0.15) is 0 Å². The van der Waals surface area contributed by atoms with Crippen LogP contribution in [0.4, 0.5) is 0 Å². The summed E-state index contributed by atoms with van der Waals surface area (Å²) in [6.45, 7) is 10.9. The molecule has 1 heteroatoms. The Bertz CT molecular complexity index is 127. The van der Waals surface area contributed by atoms with Crippen molar-refractivity contribution in [1.82, 2.24) is 0 Å². The van der Waals surface area contributed by atoms with E-state index in [0.717, 1.165) is 12.3 Å². The molecular formula is C12H26O. The molecule has 0 aliphatic rings. The van der Waals surface area contributed by atoms with Gasteiger partial charge in [0, 0.05) is 0 Å². The Labute approximate surface area is 83.5 Å². The summed E-state index contributed by atoms with van der Waals surface area (Å²) in [7, 11) is 0. The van der Waals surface area contributed by atoms with E-state index in [1.165, 1.54) is 19.3 Å². The van der Waals surface area contributed by atoms with Gasteiger partial charge in [-0.3, -0.25) is 0 Å². The van der Waals surface area contributed by atoms with Crippen LogP contribution in [0.15, 0.2) is 0 Å². The minimum absolute atomic E-state index is 0.163. The van der Waals surface area contributed by atoms with Crippen LogP contribution in [0.25, 0.3) is 0 Å². The van der Waals surface area contributed by atoms with E-state index >= 15 is 0 Å². The lowest BCUT2D eigenvalue weighted by molar-refractivity contribution is 0.114. The van der Waals surface area contributed by atoms with Gasteiger partial charge in [0.2, 0.25) is 0 Å². The SMILES string of the molecule is CCCC(C)CC(C)(C)CC(C)O. The zero-order valence-electron chi connectivity index (χ0n) is 9.93.